The maximum atomic E-state index is 8.77. The first-order valence-corrected chi connectivity index (χ1v) is 2.58. The van der Waals surface area contributed by atoms with E-state index in [4.69, 9.17) is 25.1 Å². The summed E-state index contributed by atoms with van der Waals surface area (Å²) in [4.78, 5) is 22.9. The maximum absolute atomic E-state index is 8.77. The number of hydrogen-bond acceptors (Lipinski definition) is 3. The van der Waals surface area contributed by atoms with Gasteiger partial charge in [-0.15, -0.1) is 0 Å². The Morgan fingerprint density at radius 1 is 1.50 bits per heavy atom. The summed E-state index contributed by atoms with van der Waals surface area (Å²) in [7, 11) is -4.89. The fourth-order valence-electron chi connectivity index (χ4n) is 0. The normalized spacial score (nSPS) is 8.12. The summed E-state index contributed by atoms with van der Waals surface area (Å²) >= 11 is 0. The van der Waals surface area contributed by atoms with Crippen molar-refractivity contribution in [3.8, 4) is 0 Å². The molecular weight excluding hydrogens is 188 g/mol. The number of rotatable bonds is 0. The smallest absolute Gasteiger partial charge is 0.756 e. The fourth-order valence-corrected chi connectivity index (χ4v) is 0. The molecule has 0 saturated heterocycles. The second-order valence-corrected chi connectivity index (χ2v) is 1.47. The molecule has 5 N–H and O–H groups in total. The zero-order chi connectivity index (χ0) is 6.50. The van der Waals surface area contributed by atoms with Crippen molar-refractivity contribution in [2.45, 2.75) is 0 Å². The van der Waals surface area contributed by atoms with Crippen molar-refractivity contribution in [3.63, 3.8) is 0 Å². The zero-order valence-corrected chi connectivity index (χ0v) is 7.80. The van der Waals surface area contributed by atoms with Crippen molar-refractivity contribution in [2.24, 2.45) is 5.84 Å². The fraction of sp³-hybridized carbons (Fsp3) is 0. The molecule has 0 spiro atoms. The predicted octanol–water partition coefficient (Wildman–Crippen LogP) is -1.65. The largest absolute Gasteiger partial charge is 2.00 e. The van der Waals surface area contributed by atoms with E-state index in [1.807, 2.05) is 0 Å². The minimum absolute atomic E-state index is 0. The third kappa shape index (κ3) is 498. The van der Waals surface area contributed by atoms with Gasteiger partial charge in [0.05, 0.1) is 0 Å². The summed E-state index contributed by atoms with van der Waals surface area (Å²) in [5.41, 5.74) is 0. The summed E-state index contributed by atoms with van der Waals surface area (Å²) in [6, 6.07) is 0. The van der Waals surface area contributed by atoms with Crippen LogP contribution < -0.4 is 10.7 Å². The molecule has 8 heteroatoms. The molecule has 0 fully saturated rings. The van der Waals surface area contributed by atoms with Crippen LogP contribution in [-0.4, -0.2) is 9.79 Å². The van der Waals surface area contributed by atoms with Gasteiger partial charge in [-0.2, -0.15) is 0 Å². The van der Waals surface area contributed by atoms with Gasteiger partial charge in [0.2, 0.25) is 0 Å². The Kier molecular flexibility index (Phi) is 15.2. The van der Waals surface area contributed by atoms with E-state index < -0.39 is 7.82 Å². The summed E-state index contributed by atoms with van der Waals surface area (Å²) in [6.45, 7) is 0. The van der Waals surface area contributed by atoms with Crippen LogP contribution in [0.3, 0.4) is 0 Å². The van der Waals surface area contributed by atoms with Gasteiger partial charge in [0.15, 0.2) is 0 Å². The minimum atomic E-state index is -4.89. The van der Waals surface area contributed by atoms with Crippen LogP contribution in [0.2, 0.25) is 0 Å². The third-order valence-corrected chi connectivity index (χ3v) is 0. The molecule has 6 nitrogen and oxygen atoms in total. The van der Waals surface area contributed by atoms with Crippen molar-refractivity contribution in [2.75, 3.05) is 0 Å². The number of nitrogens with one attached hydrogen (secondary N) is 1. The molecule has 0 atom stereocenters. The van der Waals surface area contributed by atoms with Crippen molar-refractivity contribution in [3.05, 3.63) is 5.84 Å². The van der Waals surface area contributed by atoms with Gasteiger partial charge in [0.1, 0.15) is 0 Å². The number of nitrogens with two attached hydrogens (primary N) is 1. The Labute approximate surface area is 58.8 Å². The molecule has 0 aromatic carbocycles. The summed E-state index contributed by atoms with van der Waals surface area (Å²) < 4.78 is 8.77. The van der Waals surface area contributed by atoms with Gasteiger partial charge in [-0.05, 0) is 0 Å². The number of hydrogen-bond donors (Lipinski definition) is 3. The van der Waals surface area contributed by atoms with Crippen molar-refractivity contribution >= 4 is 7.82 Å². The van der Waals surface area contributed by atoms with Gasteiger partial charge in [0, 0.05) is 0 Å². The van der Waals surface area contributed by atoms with E-state index >= 15 is 0 Å². The molecule has 0 aromatic rings. The second kappa shape index (κ2) is 7.65. The molecule has 0 saturated carbocycles. The van der Waals surface area contributed by atoms with E-state index in [-0.39, 0.29) is 19.5 Å². The van der Waals surface area contributed by atoms with Crippen LogP contribution >= 0.6 is 7.82 Å². The van der Waals surface area contributed by atoms with Crippen LogP contribution in [0.15, 0.2) is 0 Å². The van der Waals surface area contributed by atoms with Crippen LogP contribution in [0.5, 0.6) is 0 Å². The van der Waals surface area contributed by atoms with Gasteiger partial charge in [-0.1, -0.05) is 0 Å². The Balaban J connectivity index is -0.0000000750. The summed E-state index contributed by atoms with van der Waals surface area (Å²) in [5, 5.41) is 0. The average Bonchev–Trinajstić information content (AvgIpc) is 1.36. The quantitative estimate of drug-likeness (QED) is 0.184. The van der Waals surface area contributed by atoms with Crippen LogP contribution in [0, 0.1) is 0 Å². The van der Waals surface area contributed by atoms with Crippen LogP contribution in [0.1, 0.15) is 0 Å². The molecule has 0 aliphatic carbocycles. The Morgan fingerprint density at radius 2 is 1.50 bits per heavy atom. The molecule has 0 bridgehead atoms. The maximum Gasteiger partial charge on any atom is 2.00 e. The monoisotopic (exact) mass is 192 g/mol. The first kappa shape index (κ1) is 15.9. The molecule has 0 rings (SSSR count). The van der Waals surface area contributed by atoms with E-state index in [9.17, 15) is 0 Å². The Hall–Kier alpha value is 0.653. The van der Waals surface area contributed by atoms with Crippen molar-refractivity contribution in [1.29, 1.82) is 0 Å². The SMILES string of the molecule is O=P([O-])(O)O.[NH-]N.[Zn+2]. The molecule has 0 unspecified atom stereocenters. The molecule has 0 amide bonds. The van der Waals surface area contributed by atoms with Gasteiger partial charge in [0.25, 0.3) is 7.82 Å². The molecule has 0 aliphatic rings. The average molecular weight is 193 g/mol. The van der Waals surface area contributed by atoms with Crippen LogP contribution in [0.4, 0.5) is 0 Å². The minimum Gasteiger partial charge on any atom is -0.756 e. The van der Waals surface area contributed by atoms with E-state index in [0.29, 0.717) is 0 Å². The van der Waals surface area contributed by atoms with Crippen LogP contribution in [0.25, 0.3) is 5.84 Å². The predicted molar refractivity (Wildman–Crippen MR) is 20.6 cm³/mol. The topological polar surface area (TPSA) is 130 Å². The first-order valence-electron chi connectivity index (χ1n) is 1.05. The van der Waals surface area contributed by atoms with Crippen molar-refractivity contribution in [1.82, 2.24) is 0 Å². The Morgan fingerprint density at radius 3 is 1.50 bits per heavy atom. The summed E-state index contributed by atoms with van der Waals surface area (Å²) in [6.07, 6.45) is 0. The standard InChI is InChI=1S/H3N2.H3O4P.Zn/c1-2;1-5(2,3)4;/h1H,2H2;(H3,1,2,3,4);/q-1;;+2/p-1. The van der Waals surface area contributed by atoms with Gasteiger partial charge >= 0.3 is 19.5 Å². The summed E-state index contributed by atoms with van der Waals surface area (Å²) in [5.74, 6) is 9.00. The Bertz CT molecular complexity index is 60.2. The van der Waals surface area contributed by atoms with Gasteiger partial charge < -0.3 is 26.4 Å². The van der Waals surface area contributed by atoms with Gasteiger partial charge in [-0.3, -0.25) is 4.57 Å². The molecule has 0 aliphatic heterocycles. The van der Waals surface area contributed by atoms with E-state index in [2.05, 4.69) is 5.84 Å². The second-order valence-electron chi connectivity index (χ2n) is 0.491. The molecule has 46 valence electrons. The molecule has 8 heavy (non-hydrogen) atoms. The van der Waals surface area contributed by atoms with E-state index in [1.165, 1.54) is 0 Å². The van der Waals surface area contributed by atoms with Crippen molar-refractivity contribution < 1.29 is 38.7 Å². The first-order chi connectivity index (χ1) is 3.00. The molecule has 0 heterocycles. The molecule has 0 aromatic heterocycles. The third-order valence-electron chi connectivity index (χ3n) is 0. The number of phosphoric acid groups is 1. The van der Waals surface area contributed by atoms with E-state index in [0.717, 1.165) is 0 Å². The molecular formula is H5N2O4PZn. The van der Waals surface area contributed by atoms with E-state index in [1.54, 1.807) is 0 Å². The zero-order valence-electron chi connectivity index (χ0n) is 3.94. The molecule has 0 radical (unpaired) electrons. The van der Waals surface area contributed by atoms with Gasteiger partial charge in [-0.25, -0.2) is 0 Å². The van der Waals surface area contributed by atoms with Crippen LogP contribution in [-0.2, 0) is 24.0 Å².